The lowest BCUT2D eigenvalue weighted by Crippen LogP contribution is -2.35. The summed E-state index contributed by atoms with van der Waals surface area (Å²) in [5.41, 5.74) is -0.460. The van der Waals surface area contributed by atoms with Crippen LogP contribution in [0.2, 0.25) is 0 Å². The van der Waals surface area contributed by atoms with E-state index in [-0.39, 0.29) is 25.7 Å². The van der Waals surface area contributed by atoms with Crippen LogP contribution in [-0.2, 0) is 27.0 Å². The van der Waals surface area contributed by atoms with Gasteiger partial charge in [-0.15, -0.1) is 0 Å². The maximum atomic E-state index is 12.6. The molecule has 3 amide bonds. The fourth-order valence-electron chi connectivity index (χ4n) is 2.12. The number of alkyl halides is 3. The van der Waals surface area contributed by atoms with Gasteiger partial charge in [0.05, 0.1) is 5.56 Å². The Labute approximate surface area is 118 Å². The van der Waals surface area contributed by atoms with Crippen LogP contribution in [0.1, 0.15) is 30.4 Å². The molecule has 1 saturated heterocycles. The van der Waals surface area contributed by atoms with E-state index in [1.807, 2.05) is 0 Å². The number of likely N-dealkylation sites (tertiary alicyclic amines) is 1. The molecule has 21 heavy (non-hydrogen) atoms. The fourth-order valence-corrected chi connectivity index (χ4v) is 2.12. The van der Waals surface area contributed by atoms with Gasteiger partial charge in [0.25, 0.3) is 0 Å². The van der Waals surface area contributed by atoms with E-state index in [9.17, 15) is 27.6 Å². The quantitative estimate of drug-likeness (QED) is 0.805. The van der Waals surface area contributed by atoms with Crippen molar-refractivity contribution in [1.82, 2.24) is 4.90 Å². The average Bonchev–Trinajstić information content (AvgIpc) is 2.75. The Balaban J connectivity index is 2.02. The average molecular weight is 299 g/mol. The van der Waals surface area contributed by atoms with E-state index in [4.69, 9.17) is 0 Å². The van der Waals surface area contributed by atoms with Gasteiger partial charge in [-0.25, -0.2) is 4.90 Å². The molecule has 0 spiro atoms. The predicted octanol–water partition coefficient (Wildman–Crippen LogP) is 2.31. The second-order valence-corrected chi connectivity index (χ2v) is 4.71. The van der Waals surface area contributed by atoms with E-state index in [0.717, 1.165) is 12.1 Å². The number of halogens is 3. The van der Waals surface area contributed by atoms with Crippen LogP contribution in [0.15, 0.2) is 24.3 Å². The molecular formula is C14H12F3NO3. The first-order valence-corrected chi connectivity index (χ1v) is 6.34. The fraction of sp³-hybridized carbons (Fsp3) is 0.357. The highest BCUT2D eigenvalue weighted by molar-refractivity contribution is 6.15. The Morgan fingerprint density at radius 1 is 1.14 bits per heavy atom. The molecule has 0 bridgehead atoms. The molecule has 0 unspecified atom stereocenters. The number of rotatable bonds is 3. The molecule has 0 aliphatic carbocycles. The number of nitrogens with zero attached hydrogens (tertiary/aromatic N) is 1. The van der Waals surface area contributed by atoms with E-state index < -0.39 is 29.5 Å². The van der Waals surface area contributed by atoms with Crippen molar-refractivity contribution in [1.29, 1.82) is 0 Å². The van der Waals surface area contributed by atoms with Crippen molar-refractivity contribution in [3.63, 3.8) is 0 Å². The third-order valence-corrected chi connectivity index (χ3v) is 3.18. The molecular weight excluding hydrogens is 287 g/mol. The van der Waals surface area contributed by atoms with Crippen molar-refractivity contribution >= 4 is 17.7 Å². The van der Waals surface area contributed by atoms with Crippen molar-refractivity contribution in [2.75, 3.05) is 0 Å². The van der Waals surface area contributed by atoms with Gasteiger partial charge in [0, 0.05) is 19.3 Å². The summed E-state index contributed by atoms with van der Waals surface area (Å²) in [4.78, 5) is 35.1. The van der Waals surface area contributed by atoms with Gasteiger partial charge in [0.15, 0.2) is 0 Å². The summed E-state index contributed by atoms with van der Waals surface area (Å²) in [5, 5.41) is 0. The summed E-state index contributed by atoms with van der Waals surface area (Å²) in [6, 6.07) is 4.63. The lowest BCUT2D eigenvalue weighted by molar-refractivity contribution is -0.149. The molecule has 1 heterocycles. The van der Waals surface area contributed by atoms with E-state index >= 15 is 0 Å². The number of imide groups is 3. The number of carbonyl (C=O) groups excluding carboxylic acids is 3. The first kappa shape index (κ1) is 15.2. The molecule has 1 aliphatic rings. The van der Waals surface area contributed by atoms with Gasteiger partial charge in [-0.3, -0.25) is 14.4 Å². The van der Waals surface area contributed by atoms with Crippen LogP contribution in [0.3, 0.4) is 0 Å². The van der Waals surface area contributed by atoms with Gasteiger partial charge in [0.2, 0.25) is 17.7 Å². The standard InChI is InChI=1S/C14H12F3NO3/c15-14(16,17)10-3-1-2-9(8-10)4-5-11(19)18-12(20)6-7-13(18)21/h1-3,8H,4-7H2. The van der Waals surface area contributed by atoms with Crippen LogP contribution in [0.25, 0.3) is 0 Å². The van der Waals surface area contributed by atoms with Gasteiger partial charge in [0.1, 0.15) is 0 Å². The largest absolute Gasteiger partial charge is 0.416 e. The molecule has 0 radical (unpaired) electrons. The second-order valence-electron chi connectivity index (χ2n) is 4.71. The van der Waals surface area contributed by atoms with Gasteiger partial charge in [-0.1, -0.05) is 18.2 Å². The minimum Gasteiger partial charge on any atom is -0.274 e. The molecule has 4 nitrogen and oxygen atoms in total. The topological polar surface area (TPSA) is 54.5 Å². The Morgan fingerprint density at radius 3 is 2.33 bits per heavy atom. The molecule has 1 aromatic carbocycles. The van der Waals surface area contributed by atoms with E-state index in [0.29, 0.717) is 10.5 Å². The highest BCUT2D eigenvalue weighted by atomic mass is 19.4. The number of hydrogen-bond donors (Lipinski definition) is 0. The highest BCUT2D eigenvalue weighted by Gasteiger charge is 2.34. The number of hydrogen-bond acceptors (Lipinski definition) is 3. The number of amides is 3. The molecule has 0 saturated carbocycles. The Kier molecular flexibility index (Phi) is 4.11. The third kappa shape index (κ3) is 3.48. The summed E-state index contributed by atoms with van der Waals surface area (Å²) < 4.78 is 37.7. The normalized spacial score (nSPS) is 15.7. The summed E-state index contributed by atoms with van der Waals surface area (Å²) in [6.07, 6.45) is -4.57. The third-order valence-electron chi connectivity index (χ3n) is 3.18. The second kappa shape index (κ2) is 5.67. The minimum atomic E-state index is -4.44. The van der Waals surface area contributed by atoms with Gasteiger partial charge in [-0.2, -0.15) is 13.2 Å². The molecule has 2 rings (SSSR count). The van der Waals surface area contributed by atoms with Crippen molar-refractivity contribution in [2.45, 2.75) is 31.9 Å². The zero-order valence-electron chi connectivity index (χ0n) is 10.9. The highest BCUT2D eigenvalue weighted by Crippen LogP contribution is 2.29. The maximum absolute atomic E-state index is 12.6. The van der Waals surface area contributed by atoms with E-state index in [1.54, 1.807) is 0 Å². The number of carbonyl (C=O) groups is 3. The lowest BCUT2D eigenvalue weighted by Gasteiger charge is -2.12. The van der Waals surface area contributed by atoms with Gasteiger partial charge < -0.3 is 0 Å². The zero-order chi connectivity index (χ0) is 15.6. The van der Waals surface area contributed by atoms with Gasteiger partial charge in [-0.05, 0) is 18.1 Å². The van der Waals surface area contributed by atoms with Crippen molar-refractivity contribution in [3.8, 4) is 0 Å². The zero-order valence-corrected chi connectivity index (χ0v) is 10.9. The van der Waals surface area contributed by atoms with Crippen LogP contribution in [-0.4, -0.2) is 22.6 Å². The first-order chi connectivity index (χ1) is 9.79. The van der Waals surface area contributed by atoms with E-state index in [1.165, 1.54) is 12.1 Å². The number of aryl methyl sites for hydroxylation is 1. The van der Waals surface area contributed by atoms with Gasteiger partial charge >= 0.3 is 6.18 Å². The lowest BCUT2D eigenvalue weighted by atomic mass is 10.1. The Bertz CT molecular complexity index is 579. The van der Waals surface area contributed by atoms with Crippen LogP contribution in [0, 0.1) is 0 Å². The van der Waals surface area contributed by atoms with E-state index in [2.05, 4.69) is 0 Å². The molecule has 1 aromatic rings. The first-order valence-electron chi connectivity index (χ1n) is 6.34. The monoisotopic (exact) mass is 299 g/mol. The number of benzene rings is 1. The SMILES string of the molecule is O=C1CCC(=O)N1C(=O)CCc1cccc(C(F)(F)F)c1. The van der Waals surface area contributed by atoms with Crippen LogP contribution in [0.5, 0.6) is 0 Å². The summed E-state index contributed by atoms with van der Waals surface area (Å²) in [6.45, 7) is 0. The molecule has 7 heteroatoms. The molecule has 0 aromatic heterocycles. The maximum Gasteiger partial charge on any atom is 0.416 e. The molecule has 0 N–H and O–H groups in total. The van der Waals surface area contributed by atoms with Crippen LogP contribution < -0.4 is 0 Å². The van der Waals surface area contributed by atoms with Crippen molar-refractivity contribution in [2.24, 2.45) is 0 Å². The molecule has 0 atom stereocenters. The summed E-state index contributed by atoms with van der Waals surface area (Å²) in [5.74, 6) is -1.76. The Hall–Kier alpha value is -2.18. The van der Waals surface area contributed by atoms with Crippen molar-refractivity contribution in [3.05, 3.63) is 35.4 Å². The van der Waals surface area contributed by atoms with Crippen molar-refractivity contribution < 1.29 is 27.6 Å². The summed E-state index contributed by atoms with van der Waals surface area (Å²) in [7, 11) is 0. The smallest absolute Gasteiger partial charge is 0.274 e. The van der Waals surface area contributed by atoms with Crippen LogP contribution >= 0.6 is 0 Å². The molecule has 1 fully saturated rings. The minimum absolute atomic E-state index is 0.00807. The molecule has 1 aliphatic heterocycles. The van der Waals surface area contributed by atoms with Crippen LogP contribution in [0.4, 0.5) is 13.2 Å². The predicted molar refractivity (Wildman–Crippen MR) is 65.9 cm³/mol. The summed E-state index contributed by atoms with van der Waals surface area (Å²) >= 11 is 0. The Morgan fingerprint density at radius 2 is 1.76 bits per heavy atom. The molecule has 112 valence electrons.